The van der Waals surface area contributed by atoms with Crippen molar-refractivity contribution in [3.63, 3.8) is 0 Å². The fraction of sp³-hybridized carbons (Fsp3) is 0.111. The molecule has 0 aliphatic rings. The fourth-order valence-electron chi connectivity index (χ4n) is 2.23. The maximum atomic E-state index is 12.9. The lowest BCUT2D eigenvalue weighted by molar-refractivity contribution is -0.119. The molecular weight excluding hydrogens is 337 g/mol. The minimum absolute atomic E-state index is 0.237. The first-order valence-electron chi connectivity index (χ1n) is 7.85. The second kappa shape index (κ2) is 7.56. The quantitative estimate of drug-likeness (QED) is 0.738. The summed E-state index contributed by atoms with van der Waals surface area (Å²) in [4.78, 5) is 28.1. The van der Waals surface area contributed by atoms with E-state index in [9.17, 15) is 14.0 Å². The third-order valence-corrected chi connectivity index (χ3v) is 3.73. The van der Waals surface area contributed by atoms with Crippen LogP contribution < -0.4 is 10.6 Å². The SMILES string of the molecule is CC(C(=O)Nc1ccc(NC(=O)c2ccc(F)cc2)cc1)n1cncn1. The molecule has 3 aromatic rings. The predicted octanol–water partition coefficient (Wildman–Crippen LogP) is 2.87. The zero-order valence-corrected chi connectivity index (χ0v) is 13.9. The number of nitrogens with one attached hydrogen (secondary N) is 2. The predicted molar refractivity (Wildman–Crippen MR) is 94.2 cm³/mol. The Morgan fingerprint density at radius 2 is 1.62 bits per heavy atom. The molecule has 132 valence electrons. The van der Waals surface area contributed by atoms with Gasteiger partial charge in [0.2, 0.25) is 5.91 Å². The summed E-state index contributed by atoms with van der Waals surface area (Å²) >= 11 is 0. The lowest BCUT2D eigenvalue weighted by Crippen LogP contribution is -2.24. The van der Waals surface area contributed by atoms with Gasteiger partial charge >= 0.3 is 0 Å². The van der Waals surface area contributed by atoms with Crippen LogP contribution in [-0.4, -0.2) is 26.6 Å². The fourth-order valence-corrected chi connectivity index (χ4v) is 2.23. The van der Waals surface area contributed by atoms with Crippen LogP contribution in [0.25, 0.3) is 0 Å². The molecule has 0 saturated carbocycles. The maximum Gasteiger partial charge on any atom is 0.255 e. The van der Waals surface area contributed by atoms with Gasteiger partial charge in [0.1, 0.15) is 24.5 Å². The van der Waals surface area contributed by atoms with E-state index in [1.807, 2.05) is 0 Å². The minimum atomic E-state index is -0.504. The van der Waals surface area contributed by atoms with Crippen molar-refractivity contribution in [2.24, 2.45) is 0 Å². The minimum Gasteiger partial charge on any atom is -0.324 e. The van der Waals surface area contributed by atoms with Gasteiger partial charge in [-0.25, -0.2) is 14.1 Å². The topological polar surface area (TPSA) is 88.9 Å². The van der Waals surface area contributed by atoms with Crippen molar-refractivity contribution in [1.82, 2.24) is 14.8 Å². The van der Waals surface area contributed by atoms with Gasteiger partial charge in [-0.15, -0.1) is 0 Å². The van der Waals surface area contributed by atoms with Gasteiger partial charge in [0.05, 0.1) is 0 Å². The van der Waals surface area contributed by atoms with Crippen LogP contribution in [0.15, 0.2) is 61.2 Å². The van der Waals surface area contributed by atoms with Crippen LogP contribution in [0, 0.1) is 5.82 Å². The van der Waals surface area contributed by atoms with Crippen LogP contribution in [0.5, 0.6) is 0 Å². The van der Waals surface area contributed by atoms with Crippen LogP contribution in [0.3, 0.4) is 0 Å². The molecule has 0 aliphatic carbocycles. The van der Waals surface area contributed by atoms with Gasteiger partial charge < -0.3 is 10.6 Å². The molecule has 0 saturated heterocycles. The molecule has 2 N–H and O–H groups in total. The molecule has 3 rings (SSSR count). The highest BCUT2D eigenvalue weighted by molar-refractivity contribution is 6.04. The number of amides is 2. The number of carbonyl (C=O) groups excluding carboxylic acids is 2. The first kappa shape index (κ1) is 17.3. The average Bonchev–Trinajstić information content (AvgIpc) is 3.18. The second-order valence-corrected chi connectivity index (χ2v) is 5.58. The van der Waals surface area contributed by atoms with Crippen molar-refractivity contribution < 1.29 is 14.0 Å². The molecule has 2 aromatic carbocycles. The maximum absolute atomic E-state index is 12.9. The molecule has 0 bridgehead atoms. The Morgan fingerprint density at radius 1 is 1.00 bits per heavy atom. The van der Waals surface area contributed by atoms with Crippen LogP contribution in [0.4, 0.5) is 15.8 Å². The summed E-state index contributed by atoms with van der Waals surface area (Å²) in [6.07, 6.45) is 2.83. The Hall–Kier alpha value is -3.55. The molecule has 1 aromatic heterocycles. The van der Waals surface area contributed by atoms with Gasteiger partial charge in [0, 0.05) is 16.9 Å². The number of benzene rings is 2. The van der Waals surface area contributed by atoms with Gasteiger partial charge in [-0.2, -0.15) is 5.10 Å². The number of hydrogen-bond donors (Lipinski definition) is 2. The molecule has 1 heterocycles. The lowest BCUT2D eigenvalue weighted by Gasteiger charge is -2.12. The van der Waals surface area contributed by atoms with E-state index in [0.717, 1.165) is 0 Å². The highest BCUT2D eigenvalue weighted by Gasteiger charge is 2.15. The number of aromatic nitrogens is 3. The van der Waals surface area contributed by atoms with E-state index in [2.05, 4.69) is 20.7 Å². The third-order valence-electron chi connectivity index (χ3n) is 3.73. The number of nitrogens with zero attached hydrogens (tertiary/aromatic N) is 3. The van der Waals surface area contributed by atoms with Crippen molar-refractivity contribution in [2.75, 3.05) is 10.6 Å². The zero-order valence-electron chi connectivity index (χ0n) is 13.9. The number of hydrogen-bond acceptors (Lipinski definition) is 4. The molecule has 26 heavy (non-hydrogen) atoms. The summed E-state index contributed by atoms with van der Waals surface area (Å²) in [6, 6.07) is 11.4. The van der Waals surface area contributed by atoms with Crippen molar-refractivity contribution in [3.05, 3.63) is 72.6 Å². The normalized spacial score (nSPS) is 11.6. The summed E-state index contributed by atoms with van der Waals surface area (Å²) in [5.74, 6) is -0.984. The van der Waals surface area contributed by atoms with Gasteiger partial charge in [0.25, 0.3) is 5.91 Å². The molecule has 0 radical (unpaired) electrons. The van der Waals surface area contributed by atoms with Crippen molar-refractivity contribution in [2.45, 2.75) is 13.0 Å². The molecular formula is C18H16FN5O2. The van der Waals surface area contributed by atoms with E-state index in [-0.39, 0.29) is 11.8 Å². The van der Waals surface area contributed by atoms with Crippen LogP contribution >= 0.6 is 0 Å². The molecule has 1 unspecified atom stereocenters. The molecule has 1 atom stereocenters. The Balaban J connectivity index is 1.60. The number of anilines is 2. The van der Waals surface area contributed by atoms with E-state index in [1.54, 1.807) is 31.2 Å². The molecule has 7 nitrogen and oxygen atoms in total. The van der Waals surface area contributed by atoms with E-state index in [1.165, 1.54) is 41.6 Å². The highest BCUT2D eigenvalue weighted by atomic mass is 19.1. The monoisotopic (exact) mass is 353 g/mol. The third kappa shape index (κ3) is 4.10. The van der Waals surface area contributed by atoms with Crippen LogP contribution in [0.1, 0.15) is 23.3 Å². The number of rotatable bonds is 5. The van der Waals surface area contributed by atoms with E-state index in [0.29, 0.717) is 16.9 Å². The Kier molecular flexibility index (Phi) is 5.02. The van der Waals surface area contributed by atoms with Crippen LogP contribution in [0.2, 0.25) is 0 Å². The Labute approximate surface area is 148 Å². The van der Waals surface area contributed by atoms with Crippen LogP contribution in [-0.2, 0) is 4.79 Å². The summed E-state index contributed by atoms with van der Waals surface area (Å²) in [6.45, 7) is 1.71. The average molecular weight is 353 g/mol. The van der Waals surface area contributed by atoms with E-state index >= 15 is 0 Å². The summed E-state index contributed by atoms with van der Waals surface area (Å²) < 4.78 is 14.3. The Morgan fingerprint density at radius 3 is 2.19 bits per heavy atom. The number of halogens is 1. The summed E-state index contributed by atoms with van der Waals surface area (Å²) in [7, 11) is 0. The van der Waals surface area contributed by atoms with E-state index < -0.39 is 11.9 Å². The molecule has 8 heteroatoms. The largest absolute Gasteiger partial charge is 0.324 e. The molecule has 0 aliphatic heterocycles. The first-order valence-corrected chi connectivity index (χ1v) is 7.85. The molecule has 2 amide bonds. The van der Waals surface area contributed by atoms with Gasteiger partial charge in [-0.1, -0.05) is 0 Å². The van der Waals surface area contributed by atoms with E-state index in [4.69, 9.17) is 0 Å². The summed E-state index contributed by atoms with van der Waals surface area (Å²) in [5.41, 5.74) is 1.49. The van der Waals surface area contributed by atoms with Crippen molar-refractivity contribution >= 4 is 23.2 Å². The van der Waals surface area contributed by atoms with Crippen molar-refractivity contribution in [3.8, 4) is 0 Å². The number of carbonyl (C=O) groups is 2. The first-order chi connectivity index (χ1) is 12.5. The lowest BCUT2D eigenvalue weighted by atomic mass is 10.2. The Bertz CT molecular complexity index is 892. The van der Waals surface area contributed by atoms with Gasteiger partial charge in [0.15, 0.2) is 0 Å². The zero-order chi connectivity index (χ0) is 18.5. The van der Waals surface area contributed by atoms with Gasteiger partial charge in [-0.3, -0.25) is 9.59 Å². The molecule has 0 spiro atoms. The summed E-state index contributed by atoms with van der Waals surface area (Å²) in [5, 5.41) is 9.41. The van der Waals surface area contributed by atoms with Crippen molar-refractivity contribution in [1.29, 1.82) is 0 Å². The smallest absolute Gasteiger partial charge is 0.255 e. The second-order valence-electron chi connectivity index (χ2n) is 5.58. The standard InChI is InChI=1S/C18H16FN5O2/c1-12(24-11-20-10-21-24)17(25)22-15-6-8-16(9-7-15)23-18(26)13-2-4-14(19)5-3-13/h2-12H,1H3,(H,22,25)(H,23,26). The highest BCUT2D eigenvalue weighted by Crippen LogP contribution is 2.16. The molecule has 0 fully saturated rings. The van der Waals surface area contributed by atoms with Gasteiger partial charge in [-0.05, 0) is 55.5 Å².